The number of carboxylic acid groups (broad SMARTS) is 1. The summed E-state index contributed by atoms with van der Waals surface area (Å²) in [5.41, 5.74) is 0.721. The Morgan fingerprint density at radius 3 is 2.62 bits per heavy atom. The van der Waals surface area contributed by atoms with Gasteiger partial charge in [0.1, 0.15) is 0 Å². The van der Waals surface area contributed by atoms with E-state index in [9.17, 15) is 13.2 Å². The number of halogens is 1. The third-order valence-corrected chi connectivity index (χ3v) is 5.41. The van der Waals surface area contributed by atoms with Gasteiger partial charge >= 0.3 is 5.97 Å². The van der Waals surface area contributed by atoms with Crippen molar-refractivity contribution in [3.8, 4) is 0 Å². The van der Waals surface area contributed by atoms with Gasteiger partial charge in [-0.05, 0) is 47.5 Å². The normalized spacial score (nSPS) is 13.0. The van der Waals surface area contributed by atoms with Crippen LogP contribution < -0.4 is 4.72 Å². The van der Waals surface area contributed by atoms with Crippen LogP contribution in [-0.4, -0.2) is 19.5 Å². The van der Waals surface area contributed by atoms with Crippen LogP contribution in [0.25, 0.3) is 0 Å². The fraction of sp³-hybridized carbons (Fsp3) is 0.154. The van der Waals surface area contributed by atoms with Gasteiger partial charge in [-0.25, -0.2) is 17.9 Å². The van der Waals surface area contributed by atoms with Crippen molar-refractivity contribution in [2.24, 2.45) is 0 Å². The lowest BCUT2D eigenvalue weighted by molar-refractivity contribution is 0.0697. The van der Waals surface area contributed by atoms with Crippen LogP contribution in [0.4, 0.5) is 0 Å². The van der Waals surface area contributed by atoms with Crippen LogP contribution in [0.15, 0.2) is 39.9 Å². The molecule has 1 aromatic carbocycles. The standard InChI is InChI=1S/C13H12ClNO4S2/c1-8(9-4-5-20-7-9)15-21(18,19)10-2-3-11(13(16)17)12(14)6-10/h2-8,15H,1H3,(H,16,17). The van der Waals surface area contributed by atoms with Crippen LogP contribution >= 0.6 is 22.9 Å². The molecule has 2 N–H and O–H groups in total. The molecule has 0 aliphatic rings. The molecule has 2 aromatic rings. The zero-order valence-electron chi connectivity index (χ0n) is 10.9. The summed E-state index contributed by atoms with van der Waals surface area (Å²) in [6, 6.07) is 4.97. The first-order chi connectivity index (χ1) is 9.81. The Bertz CT molecular complexity index is 756. The number of thiophene rings is 1. The minimum absolute atomic E-state index is 0.0698. The molecule has 5 nitrogen and oxygen atoms in total. The van der Waals surface area contributed by atoms with Gasteiger partial charge in [0.05, 0.1) is 15.5 Å². The van der Waals surface area contributed by atoms with Gasteiger partial charge in [0.15, 0.2) is 0 Å². The van der Waals surface area contributed by atoms with Crippen LogP contribution in [0.2, 0.25) is 5.02 Å². The summed E-state index contributed by atoms with van der Waals surface area (Å²) >= 11 is 7.27. The van der Waals surface area contributed by atoms with Gasteiger partial charge in [-0.1, -0.05) is 11.6 Å². The van der Waals surface area contributed by atoms with Crippen molar-refractivity contribution in [3.05, 3.63) is 51.2 Å². The van der Waals surface area contributed by atoms with Crippen LogP contribution in [0.3, 0.4) is 0 Å². The fourth-order valence-corrected chi connectivity index (χ4v) is 4.06. The maximum absolute atomic E-state index is 12.3. The van der Waals surface area contributed by atoms with Gasteiger partial charge in [-0.3, -0.25) is 0 Å². The van der Waals surface area contributed by atoms with E-state index in [0.717, 1.165) is 11.6 Å². The summed E-state index contributed by atoms with van der Waals surface area (Å²) in [5.74, 6) is -1.21. The Morgan fingerprint density at radius 2 is 2.10 bits per heavy atom. The van der Waals surface area contributed by atoms with E-state index in [0.29, 0.717) is 0 Å². The average molecular weight is 346 g/mol. The highest BCUT2D eigenvalue weighted by Gasteiger charge is 2.20. The molecule has 8 heteroatoms. The lowest BCUT2D eigenvalue weighted by Crippen LogP contribution is -2.26. The molecular formula is C13H12ClNO4S2. The van der Waals surface area contributed by atoms with E-state index in [-0.39, 0.29) is 21.5 Å². The summed E-state index contributed by atoms with van der Waals surface area (Å²) in [6.07, 6.45) is 0. The number of carboxylic acids is 1. The number of hydrogen-bond donors (Lipinski definition) is 2. The Hall–Kier alpha value is -1.41. The van der Waals surface area contributed by atoms with E-state index in [1.54, 1.807) is 6.92 Å². The average Bonchev–Trinajstić information content (AvgIpc) is 2.91. The fourth-order valence-electron chi connectivity index (χ4n) is 1.73. The Morgan fingerprint density at radius 1 is 1.38 bits per heavy atom. The predicted octanol–water partition coefficient (Wildman–Crippen LogP) is 3.14. The molecule has 0 aliphatic heterocycles. The Kier molecular flexibility index (Phi) is 4.67. The van der Waals surface area contributed by atoms with Crippen LogP contribution in [0, 0.1) is 0 Å². The predicted molar refractivity (Wildman–Crippen MR) is 81.5 cm³/mol. The summed E-state index contributed by atoms with van der Waals surface area (Å²) in [4.78, 5) is 10.8. The number of carbonyl (C=O) groups is 1. The van der Waals surface area contributed by atoms with Gasteiger partial charge in [0, 0.05) is 6.04 Å². The maximum Gasteiger partial charge on any atom is 0.337 e. The van der Waals surface area contributed by atoms with Crippen molar-refractivity contribution in [3.63, 3.8) is 0 Å². The molecule has 112 valence electrons. The molecule has 2 rings (SSSR count). The smallest absolute Gasteiger partial charge is 0.337 e. The third-order valence-electron chi connectivity index (χ3n) is 2.86. The summed E-state index contributed by atoms with van der Waals surface area (Å²) in [5, 5.41) is 12.5. The number of nitrogens with one attached hydrogen (secondary N) is 1. The molecular weight excluding hydrogens is 334 g/mol. The van der Waals surface area contributed by atoms with Crippen molar-refractivity contribution in [1.82, 2.24) is 4.72 Å². The molecule has 0 bridgehead atoms. The Labute approximate surface area is 131 Å². The lowest BCUT2D eigenvalue weighted by atomic mass is 10.2. The monoisotopic (exact) mass is 345 g/mol. The zero-order chi connectivity index (χ0) is 15.6. The minimum atomic E-state index is -3.77. The van der Waals surface area contributed by atoms with E-state index < -0.39 is 16.0 Å². The number of sulfonamides is 1. The molecule has 0 saturated heterocycles. The van der Waals surface area contributed by atoms with Crippen molar-refractivity contribution < 1.29 is 18.3 Å². The van der Waals surface area contributed by atoms with Crippen molar-refractivity contribution >= 4 is 38.9 Å². The molecule has 1 unspecified atom stereocenters. The number of hydrogen-bond acceptors (Lipinski definition) is 4. The molecule has 1 atom stereocenters. The molecule has 0 fully saturated rings. The summed E-state index contributed by atoms with van der Waals surface area (Å²) in [6.45, 7) is 1.73. The van der Waals surface area contributed by atoms with E-state index in [1.807, 2.05) is 16.8 Å². The van der Waals surface area contributed by atoms with Gasteiger partial charge in [0.2, 0.25) is 10.0 Å². The number of aromatic carboxylic acids is 1. The van der Waals surface area contributed by atoms with E-state index in [1.165, 1.54) is 23.5 Å². The molecule has 0 radical (unpaired) electrons. The molecule has 1 aromatic heterocycles. The molecule has 0 saturated carbocycles. The molecule has 0 amide bonds. The van der Waals surface area contributed by atoms with Gasteiger partial charge in [0.25, 0.3) is 0 Å². The largest absolute Gasteiger partial charge is 0.478 e. The van der Waals surface area contributed by atoms with Gasteiger partial charge in [-0.15, -0.1) is 0 Å². The van der Waals surface area contributed by atoms with Crippen LogP contribution in [-0.2, 0) is 10.0 Å². The van der Waals surface area contributed by atoms with Crippen molar-refractivity contribution in [1.29, 1.82) is 0 Å². The molecule has 1 heterocycles. The Balaban J connectivity index is 2.28. The van der Waals surface area contributed by atoms with Crippen molar-refractivity contribution in [2.45, 2.75) is 17.9 Å². The van der Waals surface area contributed by atoms with Crippen LogP contribution in [0.5, 0.6) is 0 Å². The van der Waals surface area contributed by atoms with Gasteiger partial charge < -0.3 is 5.11 Å². The quantitative estimate of drug-likeness (QED) is 0.872. The second-order valence-corrected chi connectivity index (χ2v) is 7.25. The number of benzene rings is 1. The van der Waals surface area contributed by atoms with Gasteiger partial charge in [-0.2, -0.15) is 11.3 Å². The summed E-state index contributed by atoms with van der Waals surface area (Å²) < 4.78 is 27.0. The first-order valence-corrected chi connectivity index (χ1v) is 8.69. The SMILES string of the molecule is CC(NS(=O)(=O)c1ccc(C(=O)O)c(Cl)c1)c1ccsc1. The van der Waals surface area contributed by atoms with E-state index >= 15 is 0 Å². The second-order valence-electron chi connectivity index (χ2n) is 4.35. The molecule has 21 heavy (non-hydrogen) atoms. The lowest BCUT2D eigenvalue weighted by Gasteiger charge is -2.13. The highest BCUT2D eigenvalue weighted by molar-refractivity contribution is 7.89. The zero-order valence-corrected chi connectivity index (χ0v) is 13.3. The van der Waals surface area contributed by atoms with Crippen LogP contribution in [0.1, 0.15) is 28.9 Å². The van der Waals surface area contributed by atoms with Crippen molar-refractivity contribution in [2.75, 3.05) is 0 Å². The molecule has 0 spiro atoms. The topological polar surface area (TPSA) is 83.5 Å². The van der Waals surface area contributed by atoms with E-state index in [4.69, 9.17) is 16.7 Å². The number of rotatable bonds is 5. The molecule has 0 aliphatic carbocycles. The maximum atomic E-state index is 12.3. The minimum Gasteiger partial charge on any atom is -0.478 e. The second kappa shape index (κ2) is 6.15. The highest BCUT2D eigenvalue weighted by atomic mass is 35.5. The first-order valence-electron chi connectivity index (χ1n) is 5.88. The van der Waals surface area contributed by atoms with E-state index in [2.05, 4.69) is 4.72 Å². The highest BCUT2D eigenvalue weighted by Crippen LogP contribution is 2.23. The third kappa shape index (κ3) is 3.62. The summed E-state index contributed by atoms with van der Waals surface area (Å²) in [7, 11) is -3.77. The first kappa shape index (κ1) is 16.0.